The third-order valence-corrected chi connectivity index (χ3v) is 9.27. The van der Waals surface area contributed by atoms with Crippen molar-refractivity contribution in [3.8, 4) is 22.5 Å². The fraction of sp³-hybridized carbons (Fsp3) is 0.0811. The van der Waals surface area contributed by atoms with Gasteiger partial charge in [-0.3, -0.25) is 4.21 Å². The van der Waals surface area contributed by atoms with Gasteiger partial charge in [-0.05, 0) is 80.1 Å². The Morgan fingerprint density at radius 1 is 0.714 bits per heavy atom. The topological polar surface area (TPSA) is 42.9 Å². The summed E-state index contributed by atoms with van der Waals surface area (Å²) in [5, 5.41) is 6.77. The van der Waals surface area contributed by atoms with Crippen LogP contribution in [0.4, 0.5) is 0 Å². The SMILES string of the molecule is Cc1c[c-]c(-c2cc(C)c(C)cn2)cc1.O=S1c2ccc[c-]c2-c2nccc3c2c1cc1c2ccccc2ccc31.[Ir]. The molecule has 8 rings (SSSR count). The molecule has 3 heterocycles. The van der Waals surface area contributed by atoms with Gasteiger partial charge in [0.15, 0.2) is 0 Å². The van der Waals surface area contributed by atoms with E-state index in [1.165, 1.54) is 32.8 Å². The van der Waals surface area contributed by atoms with Crippen LogP contribution in [0, 0.1) is 32.9 Å². The van der Waals surface area contributed by atoms with E-state index in [9.17, 15) is 4.21 Å². The molecule has 1 atom stereocenters. The second-order valence-electron chi connectivity index (χ2n) is 10.5. The Kier molecular flexibility index (Phi) is 7.59. The standard InChI is InChI=1S/C23H12NOS.C14H14N.Ir/c25-26-20-8-4-3-7-18(20)23-22-17(11-12-24-23)16-10-9-14-5-1-2-6-15(14)19(16)13-21(22)26;1-10-4-6-13(7-5-10)14-8-11(2)12(3)9-15-14;/h1-6,8-13H;4-6,8-9H,1-3H3;/q2*-1;. The number of nitrogens with zero attached hydrogens (tertiary/aromatic N) is 2. The summed E-state index contributed by atoms with van der Waals surface area (Å²) >= 11 is 0. The van der Waals surface area contributed by atoms with Crippen LogP contribution in [0.3, 0.4) is 0 Å². The minimum absolute atomic E-state index is 0. The smallest absolute Gasteiger partial charge is 0.0420 e. The molecule has 1 radical (unpaired) electrons. The molecule has 207 valence electrons. The first kappa shape index (κ1) is 28.1. The predicted octanol–water partition coefficient (Wildman–Crippen LogP) is 8.96. The molecule has 1 aliphatic rings. The molecule has 5 aromatic carbocycles. The zero-order chi connectivity index (χ0) is 28.1. The average molecular weight is 739 g/mol. The summed E-state index contributed by atoms with van der Waals surface area (Å²) in [6.07, 6.45) is 3.76. The van der Waals surface area contributed by atoms with Crippen LogP contribution >= 0.6 is 0 Å². The van der Waals surface area contributed by atoms with Crippen molar-refractivity contribution < 1.29 is 24.3 Å². The third kappa shape index (κ3) is 4.78. The molecule has 0 saturated heterocycles. The average Bonchev–Trinajstić information content (AvgIpc) is 3.01. The van der Waals surface area contributed by atoms with E-state index in [-0.39, 0.29) is 20.1 Å². The maximum absolute atomic E-state index is 13.3. The summed E-state index contributed by atoms with van der Waals surface area (Å²) in [4.78, 5) is 10.7. The van der Waals surface area contributed by atoms with Gasteiger partial charge in [0.1, 0.15) is 0 Å². The van der Waals surface area contributed by atoms with Gasteiger partial charge in [-0.1, -0.05) is 55.0 Å². The van der Waals surface area contributed by atoms with Gasteiger partial charge in [0.2, 0.25) is 0 Å². The van der Waals surface area contributed by atoms with Gasteiger partial charge in [-0.25, -0.2) is 0 Å². The van der Waals surface area contributed by atoms with E-state index in [4.69, 9.17) is 0 Å². The Labute approximate surface area is 261 Å². The number of fused-ring (bicyclic) bond motifs is 6. The molecular formula is C37H26IrN2OS-2. The summed E-state index contributed by atoms with van der Waals surface area (Å²) < 4.78 is 13.3. The molecule has 0 fully saturated rings. The summed E-state index contributed by atoms with van der Waals surface area (Å²) in [5.41, 5.74) is 7.51. The number of benzene rings is 5. The van der Waals surface area contributed by atoms with Crippen LogP contribution in [-0.4, -0.2) is 14.2 Å². The van der Waals surface area contributed by atoms with Crippen molar-refractivity contribution in [2.24, 2.45) is 0 Å². The number of rotatable bonds is 1. The molecule has 5 heteroatoms. The number of hydrogen-bond donors (Lipinski definition) is 0. The molecule has 2 aromatic heterocycles. The Morgan fingerprint density at radius 2 is 1.57 bits per heavy atom. The van der Waals surface area contributed by atoms with Crippen molar-refractivity contribution in [2.75, 3.05) is 0 Å². The molecule has 0 saturated carbocycles. The van der Waals surface area contributed by atoms with E-state index in [2.05, 4.69) is 97.5 Å². The maximum Gasteiger partial charge on any atom is 0.0420 e. The van der Waals surface area contributed by atoms with E-state index in [1.54, 1.807) is 0 Å². The molecule has 0 bridgehead atoms. The summed E-state index contributed by atoms with van der Waals surface area (Å²) in [6.45, 7) is 6.24. The first-order valence-corrected chi connectivity index (χ1v) is 14.7. The van der Waals surface area contributed by atoms with Crippen molar-refractivity contribution in [3.63, 3.8) is 0 Å². The zero-order valence-electron chi connectivity index (χ0n) is 23.4. The quantitative estimate of drug-likeness (QED) is 0.125. The van der Waals surface area contributed by atoms with Gasteiger partial charge >= 0.3 is 0 Å². The molecule has 7 aromatic rings. The largest absolute Gasteiger partial charge is 0.304 e. The van der Waals surface area contributed by atoms with Crippen molar-refractivity contribution in [1.29, 1.82) is 0 Å². The minimum Gasteiger partial charge on any atom is -0.304 e. The Bertz CT molecular complexity index is 2160. The van der Waals surface area contributed by atoms with E-state index < -0.39 is 10.8 Å². The molecule has 0 spiro atoms. The molecular weight excluding hydrogens is 713 g/mol. The Balaban J connectivity index is 0.000000170. The molecule has 0 aliphatic carbocycles. The van der Waals surface area contributed by atoms with Crippen LogP contribution in [0.15, 0.2) is 113 Å². The van der Waals surface area contributed by atoms with Gasteiger partial charge in [0.25, 0.3) is 0 Å². The second-order valence-corrected chi connectivity index (χ2v) is 11.9. The van der Waals surface area contributed by atoms with Crippen molar-refractivity contribution in [2.45, 2.75) is 30.6 Å². The first-order chi connectivity index (χ1) is 20.0. The predicted molar refractivity (Wildman–Crippen MR) is 168 cm³/mol. The van der Waals surface area contributed by atoms with Gasteiger partial charge in [0.05, 0.1) is 0 Å². The fourth-order valence-electron chi connectivity index (χ4n) is 5.47. The van der Waals surface area contributed by atoms with Gasteiger partial charge < -0.3 is 9.97 Å². The van der Waals surface area contributed by atoms with E-state index in [1.807, 2.05) is 48.8 Å². The minimum atomic E-state index is -1.23. The summed E-state index contributed by atoms with van der Waals surface area (Å²) in [6, 6.07) is 37.2. The van der Waals surface area contributed by atoms with Crippen LogP contribution in [0.25, 0.3) is 54.8 Å². The first-order valence-electron chi connectivity index (χ1n) is 13.6. The van der Waals surface area contributed by atoms with Crippen molar-refractivity contribution >= 4 is 43.1 Å². The monoisotopic (exact) mass is 739 g/mol. The molecule has 0 amide bonds. The molecule has 1 aliphatic heterocycles. The van der Waals surface area contributed by atoms with Gasteiger partial charge in [0, 0.05) is 48.2 Å². The van der Waals surface area contributed by atoms with Crippen molar-refractivity contribution in [1.82, 2.24) is 9.97 Å². The molecule has 0 N–H and O–H groups in total. The number of hydrogen-bond acceptors (Lipinski definition) is 3. The number of pyridine rings is 2. The van der Waals surface area contributed by atoms with Crippen LogP contribution in [0.5, 0.6) is 0 Å². The van der Waals surface area contributed by atoms with Crippen molar-refractivity contribution in [3.05, 3.63) is 132 Å². The van der Waals surface area contributed by atoms with Crippen LogP contribution < -0.4 is 0 Å². The second kappa shape index (κ2) is 11.3. The van der Waals surface area contributed by atoms with Crippen LogP contribution in [-0.2, 0) is 30.9 Å². The maximum atomic E-state index is 13.3. The third-order valence-electron chi connectivity index (χ3n) is 7.80. The zero-order valence-corrected chi connectivity index (χ0v) is 26.6. The molecule has 42 heavy (non-hydrogen) atoms. The Hall–Kier alpha value is -4.02. The van der Waals surface area contributed by atoms with Crippen LogP contribution in [0.1, 0.15) is 16.7 Å². The van der Waals surface area contributed by atoms with E-state index in [0.717, 1.165) is 48.5 Å². The van der Waals surface area contributed by atoms with Crippen LogP contribution in [0.2, 0.25) is 0 Å². The number of aryl methyl sites for hydroxylation is 3. The van der Waals surface area contributed by atoms with Gasteiger partial charge in [-0.2, -0.15) is 0 Å². The molecule has 3 nitrogen and oxygen atoms in total. The van der Waals surface area contributed by atoms with Gasteiger partial charge in [-0.15, -0.1) is 65.2 Å². The summed E-state index contributed by atoms with van der Waals surface area (Å²) in [7, 11) is -1.23. The van der Waals surface area contributed by atoms with E-state index in [0.29, 0.717) is 0 Å². The fourth-order valence-corrected chi connectivity index (χ4v) is 6.87. The number of aromatic nitrogens is 2. The summed E-state index contributed by atoms with van der Waals surface area (Å²) in [5.74, 6) is 0. The molecule has 1 unspecified atom stereocenters. The Morgan fingerprint density at radius 3 is 2.38 bits per heavy atom. The normalized spacial score (nSPS) is 13.3. The van der Waals surface area contributed by atoms with E-state index >= 15 is 0 Å².